The Labute approximate surface area is 136 Å². The normalized spacial score (nSPS) is 22.5. The molecule has 1 aliphatic rings. The highest BCUT2D eigenvalue weighted by atomic mass is 32.2. The SMILES string of the molecule is CC(C)CCCNC(=O)CCN1C(=O)C(C(C)(C)C)CS1=O. The van der Waals surface area contributed by atoms with Crippen LogP contribution in [-0.2, 0) is 20.6 Å². The number of carbonyl (C=O) groups is 2. The summed E-state index contributed by atoms with van der Waals surface area (Å²) in [6.45, 7) is 11.2. The van der Waals surface area contributed by atoms with Crippen LogP contribution < -0.4 is 5.32 Å². The highest BCUT2D eigenvalue weighted by Gasteiger charge is 2.43. The monoisotopic (exact) mass is 330 g/mol. The minimum atomic E-state index is -1.29. The van der Waals surface area contributed by atoms with E-state index in [1.54, 1.807) is 0 Å². The fourth-order valence-corrected chi connectivity index (χ4v) is 4.17. The van der Waals surface area contributed by atoms with Crippen LogP contribution in [0.4, 0.5) is 0 Å². The van der Waals surface area contributed by atoms with Crippen molar-refractivity contribution >= 4 is 22.8 Å². The second-order valence-corrected chi connectivity index (χ2v) is 8.90. The molecule has 5 nitrogen and oxygen atoms in total. The van der Waals surface area contributed by atoms with Gasteiger partial charge >= 0.3 is 0 Å². The number of nitrogens with zero attached hydrogens (tertiary/aromatic N) is 1. The zero-order valence-corrected chi connectivity index (χ0v) is 15.3. The molecular weight excluding hydrogens is 300 g/mol. The van der Waals surface area contributed by atoms with Gasteiger partial charge in [-0.15, -0.1) is 0 Å². The number of amides is 2. The van der Waals surface area contributed by atoms with Crippen molar-refractivity contribution in [1.29, 1.82) is 0 Å². The van der Waals surface area contributed by atoms with Gasteiger partial charge in [-0.25, -0.2) is 4.21 Å². The summed E-state index contributed by atoms with van der Waals surface area (Å²) in [5, 5.41) is 2.86. The maximum absolute atomic E-state index is 12.3. The van der Waals surface area contributed by atoms with Gasteiger partial charge in [-0.2, -0.15) is 0 Å². The van der Waals surface area contributed by atoms with Gasteiger partial charge in [-0.3, -0.25) is 13.9 Å². The molecule has 6 heteroatoms. The molecule has 0 aromatic rings. The van der Waals surface area contributed by atoms with Crippen molar-refractivity contribution in [2.24, 2.45) is 17.3 Å². The molecule has 1 rings (SSSR count). The number of hydrogen-bond acceptors (Lipinski definition) is 3. The zero-order chi connectivity index (χ0) is 16.9. The lowest BCUT2D eigenvalue weighted by Gasteiger charge is -2.24. The fourth-order valence-electron chi connectivity index (χ4n) is 2.44. The molecule has 2 atom stereocenters. The highest BCUT2D eigenvalue weighted by Crippen LogP contribution is 2.33. The Morgan fingerprint density at radius 3 is 2.55 bits per heavy atom. The molecule has 0 spiro atoms. The van der Waals surface area contributed by atoms with E-state index in [2.05, 4.69) is 19.2 Å². The van der Waals surface area contributed by atoms with Crippen LogP contribution in [0.2, 0.25) is 0 Å². The van der Waals surface area contributed by atoms with Crippen LogP contribution >= 0.6 is 0 Å². The third kappa shape index (κ3) is 5.71. The fraction of sp³-hybridized carbons (Fsp3) is 0.875. The van der Waals surface area contributed by atoms with Crippen molar-refractivity contribution in [3.63, 3.8) is 0 Å². The summed E-state index contributed by atoms with van der Waals surface area (Å²) in [5.41, 5.74) is -0.194. The van der Waals surface area contributed by atoms with Gasteiger partial charge in [0.15, 0.2) is 0 Å². The van der Waals surface area contributed by atoms with E-state index in [-0.39, 0.29) is 36.1 Å². The van der Waals surface area contributed by atoms with Gasteiger partial charge in [0, 0.05) is 19.5 Å². The summed E-state index contributed by atoms with van der Waals surface area (Å²) in [7, 11) is -1.29. The van der Waals surface area contributed by atoms with Crippen LogP contribution in [0.5, 0.6) is 0 Å². The van der Waals surface area contributed by atoms with E-state index >= 15 is 0 Å². The van der Waals surface area contributed by atoms with E-state index in [1.807, 2.05) is 20.8 Å². The Morgan fingerprint density at radius 2 is 2.05 bits per heavy atom. The second kappa shape index (κ2) is 8.09. The molecule has 22 heavy (non-hydrogen) atoms. The first-order valence-electron chi connectivity index (χ1n) is 8.09. The molecule has 1 saturated heterocycles. The van der Waals surface area contributed by atoms with Crippen LogP contribution in [0.3, 0.4) is 0 Å². The Bertz CT molecular complexity index is 430. The minimum absolute atomic E-state index is 0.0761. The minimum Gasteiger partial charge on any atom is -0.356 e. The molecular formula is C16H30N2O3S. The first-order valence-corrected chi connectivity index (χ1v) is 9.37. The summed E-state index contributed by atoms with van der Waals surface area (Å²) in [6.07, 6.45) is 2.27. The highest BCUT2D eigenvalue weighted by molar-refractivity contribution is 7.83. The average Bonchev–Trinajstić information content (AvgIpc) is 2.67. The van der Waals surface area contributed by atoms with E-state index in [4.69, 9.17) is 0 Å². The van der Waals surface area contributed by atoms with Gasteiger partial charge in [0.05, 0.1) is 11.7 Å². The van der Waals surface area contributed by atoms with E-state index in [0.29, 0.717) is 18.2 Å². The van der Waals surface area contributed by atoms with Crippen molar-refractivity contribution in [3.05, 3.63) is 0 Å². The third-order valence-electron chi connectivity index (χ3n) is 3.97. The molecule has 0 saturated carbocycles. The van der Waals surface area contributed by atoms with Crippen LogP contribution in [0.1, 0.15) is 53.9 Å². The van der Waals surface area contributed by atoms with Gasteiger partial charge < -0.3 is 5.32 Å². The molecule has 0 radical (unpaired) electrons. The lowest BCUT2D eigenvalue weighted by atomic mass is 9.81. The molecule has 0 aromatic carbocycles. The Morgan fingerprint density at radius 1 is 1.41 bits per heavy atom. The molecule has 1 aliphatic heterocycles. The van der Waals surface area contributed by atoms with Gasteiger partial charge in [0.25, 0.3) is 0 Å². The lowest BCUT2D eigenvalue weighted by molar-refractivity contribution is -0.131. The van der Waals surface area contributed by atoms with Crippen molar-refractivity contribution in [1.82, 2.24) is 9.62 Å². The number of rotatable bonds is 7. The van der Waals surface area contributed by atoms with Crippen LogP contribution in [0, 0.1) is 17.3 Å². The number of hydrogen-bond donors (Lipinski definition) is 1. The van der Waals surface area contributed by atoms with E-state index in [9.17, 15) is 13.8 Å². The van der Waals surface area contributed by atoms with E-state index in [0.717, 1.165) is 12.8 Å². The average molecular weight is 330 g/mol. The predicted octanol–water partition coefficient (Wildman–Crippen LogP) is 2.10. The van der Waals surface area contributed by atoms with E-state index < -0.39 is 11.0 Å². The molecule has 0 aliphatic carbocycles. The maximum Gasteiger partial charge on any atom is 0.238 e. The van der Waals surface area contributed by atoms with Crippen molar-refractivity contribution in [2.45, 2.75) is 53.9 Å². The summed E-state index contributed by atoms with van der Waals surface area (Å²) in [6, 6.07) is 0. The third-order valence-corrected chi connectivity index (χ3v) is 5.44. The van der Waals surface area contributed by atoms with Crippen LogP contribution in [0.25, 0.3) is 0 Å². The van der Waals surface area contributed by atoms with Gasteiger partial charge in [0.2, 0.25) is 11.8 Å². The molecule has 2 unspecified atom stereocenters. The summed E-state index contributed by atoms with van der Waals surface area (Å²) >= 11 is 0. The summed E-state index contributed by atoms with van der Waals surface area (Å²) in [4.78, 5) is 24.1. The van der Waals surface area contributed by atoms with Crippen LogP contribution in [-0.4, -0.2) is 39.2 Å². The second-order valence-electron chi connectivity index (χ2n) is 7.48. The smallest absolute Gasteiger partial charge is 0.238 e. The molecule has 1 N–H and O–H groups in total. The molecule has 0 bridgehead atoms. The Balaban J connectivity index is 2.37. The maximum atomic E-state index is 12.3. The molecule has 2 amide bonds. The van der Waals surface area contributed by atoms with E-state index in [1.165, 1.54) is 4.31 Å². The van der Waals surface area contributed by atoms with Gasteiger partial charge in [0.1, 0.15) is 11.0 Å². The standard InChI is InChI=1S/C16H30N2O3S/c1-12(2)7-6-9-17-14(19)8-10-18-15(20)13(11-22(18)21)16(3,4)5/h12-13H,6-11H2,1-5H3,(H,17,19). The predicted molar refractivity (Wildman–Crippen MR) is 89.4 cm³/mol. The summed E-state index contributed by atoms with van der Waals surface area (Å²) in [5.74, 6) is 0.628. The van der Waals surface area contributed by atoms with Crippen molar-refractivity contribution in [3.8, 4) is 0 Å². The quantitative estimate of drug-likeness (QED) is 0.727. The molecule has 128 valence electrons. The molecule has 1 fully saturated rings. The zero-order valence-electron chi connectivity index (χ0n) is 14.5. The Hall–Kier alpha value is -0.910. The largest absolute Gasteiger partial charge is 0.356 e. The van der Waals surface area contributed by atoms with Crippen molar-refractivity contribution in [2.75, 3.05) is 18.8 Å². The topological polar surface area (TPSA) is 66.5 Å². The van der Waals surface area contributed by atoms with Crippen molar-refractivity contribution < 1.29 is 13.8 Å². The summed E-state index contributed by atoms with van der Waals surface area (Å²) < 4.78 is 13.4. The first-order chi connectivity index (χ1) is 10.1. The number of nitrogens with one attached hydrogen (secondary N) is 1. The lowest BCUT2D eigenvalue weighted by Crippen LogP contribution is -2.35. The van der Waals surface area contributed by atoms with Crippen LogP contribution in [0.15, 0.2) is 0 Å². The van der Waals surface area contributed by atoms with Gasteiger partial charge in [-0.1, -0.05) is 34.6 Å². The number of carbonyl (C=O) groups excluding carboxylic acids is 2. The molecule has 1 heterocycles. The molecule has 0 aromatic heterocycles. The first kappa shape index (κ1) is 19.1. The Kier molecular flexibility index (Phi) is 7.03. The van der Waals surface area contributed by atoms with Gasteiger partial charge in [-0.05, 0) is 24.2 Å².